The van der Waals surface area contributed by atoms with Gasteiger partial charge >= 0.3 is 0 Å². The van der Waals surface area contributed by atoms with E-state index in [1.54, 1.807) is 12.1 Å². The highest BCUT2D eigenvalue weighted by atomic mass is 16.1. The van der Waals surface area contributed by atoms with E-state index in [2.05, 4.69) is 29.3 Å². The van der Waals surface area contributed by atoms with Gasteiger partial charge in [-0.1, -0.05) is 6.07 Å². The topological polar surface area (TPSA) is 58.4 Å². The Morgan fingerprint density at radius 1 is 1.10 bits per heavy atom. The molecule has 0 aliphatic rings. The molecular weight excluding hydrogens is 262 g/mol. The number of hydrogen-bond donors (Lipinski definition) is 2. The number of ketones is 1. The van der Waals surface area contributed by atoms with E-state index >= 15 is 0 Å². The first-order valence-corrected chi connectivity index (χ1v) is 6.84. The molecule has 0 bridgehead atoms. The lowest BCUT2D eigenvalue weighted by Gasteiger charge is -2.17. The zero-order chi connectivity index (χ0) is 15.6. The third kappa shape index (κ3) is 3.34. The Morgan fingerprint density at radius 3 is 2.29 bits per heavy atom. The number of nitrogens with one attached hydrogen (secondary N) is 1. The van der Waals surface area contributed by atoms with Gasteiger partial charge in [-0.3, -0.25) is 4.79 Å². The summed E-state index contributed by atoms with van der Waals surface area (Å²) in [5.74, 6) is -0.0238. The van der Waals surface area contributed by atoms with Gasteiger partial charge in [0.2, 0.25) is 0 Å². The summed E-state index contributed by atoms with van der Waals surface area (Å²) in [5.41, 5.74) is 11.2. The van der Waals surface area contributed by atoms with E-state index in [1.807, 2.05) is 26.2 Å². The quantitative estimate of drug-likeness (QED) is 0.665. The molecule has 0 aliphatic heterocycles. The van der Waals surface area contributed by atoms with E-state index in [1.165, 1.54) is 12.5 Å². The molecule has 0 fully saturated rings. The third-order valence-corrected chi connectivity index (χ3v) is 3.41. The van der Waals surface area contributed by atoms with Gasteiger partial charge < -0.3 is 16.0 Å². The maximum absolute atomic E-state index is 11.4. The minimum Gasteiger partial charge on any atom is -0.398 e. The van der Waals surface area contributed by atoms with E-state index in [4.69, 9.17) is 5.73 Å². The van der Waals surface area contributed by atoms with Crippen LogP contribution in [0.15, 0.2) is 36.4 Å². The van der Waals surface area contributed by atoms with Gasteiger partial charge in [0.25, 0.3) is 0 Å². The number of hydrogen-bond acceptors (Lipinski definition) is 4. The van der Waals surface area contributed by atoms with Gasteiger partial charge in [-0.2, -0.15) is 0 Å². The van der Waals surface area contributed by atoms with Crippen LogP contribution in [0.25, 0.3) is 0 Å². The molecule has 3 N–H and O–H groups in total. The Hall–Kier alpha value is -2.49. The molecule has 0 atom stereocenters. The highest BCUT2D eigenvalue weighted by Crippen LogP contribution is 2.26. The molecular formula is C17H21N3O. The number of Topliss-reactive ketones (excluding diaryl/α,β-unsaturated/α-hetero) is 1. The normalized spacial score (nSPS) is 10.3. The molecule has 0 saturated carbocycles. The monoisotopic (exact) mass is 283 g/mol. The molecule has 4 nitrogen and oxygen atoms in total. The van der Waals surface area contributed by atoms with Gasteiger partial charge in [0.1, 0.15) is 0 Å². The van der Waals surface area contributed by atoms with Crippen molar-refractivity contribution >= 4 is 28.5 Å². The molecule has 0 amide bonds. The summed E-state index contributed by atoms with van der Waals surface area (Å²) in [4.78, 5) is 13.5. The lowest BCUT2D eigenvalue weighted by atomic mass is 10.1. The van der Waals surface area contributed by atoms with Gasteiger partial charge in [-0.05, 0) is 49.7 Å². The molecule has 21 heavy (non-hydrogen) atoms. The second-order valence-corrected chi connectivity index (χ2v) is 5.38. The predicted molar refractivity (Wildman–Crippen MR) is 89.6 cm³/mol. The lowest BCUT2D eigenvalue weighted by Crippen LogP contribution is -2.10. The molecule has 4 heteroatoms. The lowest BCUT2D eigenvalue weighted by molar-refractivity contribution is 0.101. The van der Waals surface area contributed by atoms with Crippen molar-refractivity contribution in [2.45, 2.75) is 13.8 Å². The molecule has 0 saturated heterocycles. The maximum Gasteiger partial charge on any atom is 0.161 e. The van der Waals surface area contributed by atoms with Gasteiger partial charge in [-0.15, -0.1) is 0 Å². The van der Waals surface area contributed by atoms with Gasteiger partial charge in [-0.25, -0.2) is 0 Å². The number of anilines is 4. The molecule has 110 valence electrons. The summed E-state index contributed by atoms with van der Waals surface area (Å²) in [7, 11) is 4.04. The van der Waals surface area contributed by atoms with E-state index in [0.29, 0.717) is 11.3 Å². The first-order valence-electron chi connectivity index (χ1n) is 6.84. The Kier molecular flexibility index (Phi) is 4.17. The number of rotatable bonds is 4. The maximum atomic E-state index is 11.4. The van der Waals surface area contributed by atoms with E-state index in [9.17, 15) is 4.79 Å². The summed E-state index contributed by atoms with van der Waals surface area (Å²) < 4.78 is 0. The van der Waals surface area contributed by atoms with Crippen LogP contribution in [0.1, 0.15) is 22.8 Å². The summed E-state index contributed by atoms with van der Waals surface area (Å²) in [6.07, 6.45) is 0. The molecule has 0 unspecified atom stereocenters. The van der Waals surface area contributed by atoms with Crippen LogP contribution in [-0.2, 0) is 0 Å². The number of carbonyl (C=O) groups excluding carboxylic acids is 1. The average molecular weight is 283 g/mol. The Morgan fingerprint density at radius 2 is 1.71 bits per heavy atom. The highest BCUT2D eigenvalue weighted by molar-refractivity contribution is 5.99. The fraction of sp³-hybridized carbons (Fsp3) is 0.235. The molecule has 0 aromatic heterocycles. The summed E-state index contributed by atoms with van der Waals surface area (Å²) in [6, 6.07) is 11.6. The van der Waals surface area contributed by atoms with Crippen molar-refractivity contribution in [2.75, 3.05) is 30.0 Å². The van der Waals surface area contributed by atoms with Crippen molar-refractivity contribution in [1.82, 2.24) is 0 Å². The second-order valence-electron chi connectivity index (χ2n) is 5.38. The highest BCUT2D eigenvalue weighted by Gasteiger charge is 2.07. The van der Waals surface area contributed by atoms with Crippen LogP contribution in [0.5, 0.6) is 0 Å². The first-order chi connectivity index (χ1) is 9.88. The first kappa shape index (κ1) is 14.9. The summed E-state index contributed by atoms with van der Waals surface area (Å²) in [5, 5.41) is 3.32. The number of aryl methyl sites for hydroxylation is 1. The number of nitrogens with zero attached hydrogens (tertiary/aromatic N) is 1. The van der Waals surface area contributed by atoms with Crippen molar-refractivity contribution in [1.29, 1.82) is 0 Å². The molecule has 2 aromatic rings. The minimum absolute atomic E-state index is 0.0238. The Bertz CT molecular complexity index is 678. The van der Waals surface area contributed by atoms with Crippen LogP contribution >= 0.6 is 0 Å². The van der Waals surface area contributed by atoms with Crippen LogP contribution in [0.4, 0.5) is 22.7 Å². The second kappa shape index (κ2) is 5.87. The van der Waals surface area contributed by atoms with Crippen molar-refractivity contribution in [2.24, 2.45) is 0 Å². The van der Waals surface area contributed by atoms with Crippen LogP contribution in [-0.4, -0.2) is 19.9 Å². The Labute approximate surface area is 125 Å². The molecule has 0 radical (unpaired) electrons. The van der Waals surface area contributed by atoms with Crippen molar-refractivity contribution < 1.29 is 4.79 Å². The Balaban J connectivity index is 2.28. The van der Waals surface area contributed by atoms with Crippen molar-refractivity contribution in [3.8, 4) is 0 Å². The molecule has 0 heterocycles. The zero-order valence-electron chi connectivity index (χ0n) is 12.9. The van der Waals surface area contributed by atoms with Gasteiger partial charge in [0, 0.05) is 42.4 Å². The molecule has 0 aliphatic carbocycles. The number of carbonyl (C=O) groups is 1. The smallest absolute Gasteiger partial charge is 0.161 e. The number of nitrogens with two attached hydrogens (primary N) is 1. The minimum atomic E-state index is -0.0238. The van der Waals surface area contributed by atoms with E-state index < -0.39 is 0 Å². The molecule has 0 spiro atoms. The van der Waals surface area contributed by atoms with Crippen molar-refractivity contribution in [3.63, 3.8) is 0 Å². The molecule has 2 rings (SSSR count). The van der Waals surface area contributed by atoms with E-state index in [0.717, 1.165) is 17.1 Å². The number of benzene rings is 2. The SMILES string of the molecule is CC(=O)c1ccc(Nc2ccc(C)c(N(C)C)c2)cc1N. The predicted octanol–water partition coefficient (Wildman–Crippen LogP) is 3.59. The summed E-state index contributed by atoms with van der Waals surface area (Å²) in [6.45, 7) is 3.60. The number of nitrogen functional groups attached to an aromatic ring is 1. The van der Waals surface area contributed by atoms with Crippen LogP contribution in [0.2, 0.25) is 0 Å². The standard InChI is InChI=1S/C17H21N3O/c1-11-5-6-14(10-17(11)20(3)4)19-13-7-8-15(12(2)21)16(18)9-13/h5-10,19H,18H2,1-4H3. The fourth-order valence-corrected chi connectivity index (χ4v) is 2.30. The average Bonchev–Trinajstić information content (AvgIpc) is 2.40. The van der Waals surface area contributed by atoms with Gasteiger partial charge in [0.05, 0.1) is 0 Å². The van der Waals surface area contributed by atoms with Crippen molar-refractivity contribution in [3.05, 3.63) is 47.5 Å². The zero-order valence-corrected chi connectivity index (χ0v) is 12.9. The van der Waals surface area contributed by atoms with Crippen LogP contribution in [0, 0.1) is 6.92 Å². The van der Waals surface area contributed by atoms with Gasteiger partial charge in [0.15, 0.2) is 5.78 Å². The van der Waals surface area contributed by atoms with Crippen LogP contribution in [0.3, 0.4) is 0 Å². The van der Waals surface area contributed by atoms with Crippen LogP contribution < -0.4 is 16.0 Å². The third-order valence-electron chi connectivity index (χ3n) is 3.41. The largest absolute Gasteiger partial charge is 0.398 e. The summed E-state index contributed by atoms with van der Waals surface area (Å²) >= 11 is 0. The fourth-order valence-electron chi connectivity index (χ4n) is 2.30. The van der Waals surface area contributed by atoms with E-state index in [-0.39, 0.29) is 5.78 Å². The molecule has 2 aromatic carbocycles.